The van der Waals surface area contributed by atoms with Crippen LogP contribution in [-0.4, -0.2) is 58.4 Å². The molecule has 0 aliphatic rings. The van der Waals surface area contributed by atoms with Gasteiger partial charge >= 0.3 is 6.03 Å². The second-order valence-corrected chi connectivity index (χ2v) is 6.70. The Morgan fingerprint density at radius 2 is 1.80 bits per heavy atom. The number of hydrogen-bond donors (Lipinski definition) is 2. The molecule has 1 aromatic carbocycles. The number of nitrogens with zero attached hydrogens (tertiary/aromatic N) is 1. The van der Waals surface area contributed by atoms with E-state index < -0.39 is 0 Å². The van der Waals surface area contributed by atoms with Crippen LogP contribution >= 0.6 is 0 Å². The Morgan fingerprint density at radius 3 is 2.36 bits per heavy atom. The molecule has 0 heterocycles. The molecule has 25 heavy (non-hydrogen) atoms. The Hall–Kier alpha value is -1.95. The third-order valence-corrected chi connectivity index (χ3v) is 4.28. The fourth-order valence-electron chi connectivity index (χ4n) is 2.80. The van der Waals surface area contributed by atoms with Crippen LogP contribution in [0.1, 0.15) is 25.8 Å². The van der Waals surface area contributed by atoms with Crippen molar-refractivity contribution in [1.29, 1.82) is 0 Å². The molecule has 0 saturated carbocycles. The third-order valence-electron chi connectivity index (χ3n) is 4.28. The summed E-state index contributed by atoms with van der Waals surface area (Å²) in [6, 6.07) is 6.12. The maximum absolute atomic E-state index is 11.9. The average molecular weight is 351 g/mol. The molecular weight excluding hydrogens is 318 g/mol. The summed E-state index contributed by atoms with van der Waals surface area (Å²) in [6.07, 6.45) is 1.73. The van der Waals surface area contributed by atoms with Crippen LogP contribution in [0.5, 0.6) is 11.5 Å². The number of nitrogens with one attached hydrogen (secondary N) is 2. The van der Waals surface area contributed by atoms with Crippen LogP contribution in [0.3, 0.4) is 0 Å². The van der Waals surface area contributed by atoms with E-state index >= 15 is 0 Å². The Morgan fingerprint density at radius 1 is 1.12 bits per heavy atom. The first kappa shape index (κ1) is 21.1. The third kappa shape index (κ3) is 7.22. The topological polar surface area (TPSA) is 62.8 Å². The lowest BCUT2D eigenvalue weighted by atomic mass is 10.0. The van der Waals surface area contributed by atoms with Gasteiger partial charge in [0.2, 0.25) is 0 Å². The first-order valence-corrected chi connectivity index (χ1v) is 8.78. The van der Waals surface area contributed by atoms with Crippen molar-refractivity contribution in [2.24, 2.45) is 5.92 Å². The smallest absolute Gasteiger partial charge is 0.314 e. The first-order chi connectivity index (χ1) is 11.9. The molecule has 6 nitrogen and oxygen atoms in total. The molecule has 1 aromatic rings. The van der Waals surface area contributed by atoms with Gasteiger partial charge in [-0.2, -0.15) is 0 Å². The van der Waals surface area contributed by atoms with Gasteiger partial charge in [-0.05, 0) is 50.6 Å². The minimum Gasteiger partial charge on any atom is -0.493 e. The van der Waals surface area contributed by atoms with Crippen molar-refractivity contribution in [3.8, 4) is 11.5 Å². The second-order valence-electron chi connectivity index (χ2n) is 6.70. The molecule has 0 saturated heterocycles. The highest BCUT2D eigenvalue weighted by atomic mass is 16.5. The Labute approximate surface area is 151 Å². The number of urea groups is 1. The molecule has 0 aromatic heterocycles. The highest BCUT2D eigenvalue weighted by molar-refractivity contribution is 5.73. The molecule has 1 rings (SSSR count). The van der Waals surface area contributed by atoms with Gasteiger partial charge in [0.25, 0.3) is 0 Å². The average Bonchev–Trinajstić information content (AvgIpc) is 2.57. The van der Waals surface area contributed by atoms with Gasteiger partial charge in [0.05, 0.1) is 14.2 Å². The molecule has 142 valence electrons. The number of rotatable bonds is 10. The highest BCUT2D eigenvalue weighted by Gasteiger charge is 2.16. The number of amides is 2. The fourth-order valence-corrected chi connectivity index (χ4v) is 2.80. The maximum Gasteiger partial charge on any atom is 0.314 e. The van der Waals surface area contributed by atoms with Gasteiger partial charge in [-0.1, -0.05) is 19.9 Å². The van der Waals surface area contributed by atoms with Crippen molar-refractivity contribution in [2.45, 2.75) is 32.7 Å². The molecule has 0 bridgehead atoms. The van der Waals surface area contributed by atoms with Crippen LogP contribution < -0.4 is 20.1 Å². The quantitative estimate of drug-likeness (QED) is 0.636. The predicted molar refractivity (Wildman–Crippen MR) is 102 cm³/mol. The number of methoxy groups -OCH3 is 2. The number of carbonyl (C=O) groups is 1. The van der Waals surface area contributed by atoms with Crippen molar-refractivity contribution >= 4 is 6.03 Å². The lowest BCUT2D eigenvalue weighted by Crippen LogP contribution is -2.46. The summed E-state index contributed by atoms with van der Waals surface area (Å²) in [5, 5.41) is 5.86. The molecule has 0 radical (unpaired) electrons. The van der Waals surface area contributed by atoms with Crippen LogP contribution in [0.25, 0.3) is 0 Å². The lowest BCUT2D eigenvalue weighted by Gasteiger charge is -2.28. The molecule has 0 spiro atoms. The van der Waals surface area contributed by atoms with E-state index in [4.69, 9.17) is 9.47 Å². The minimum absolute atomic E-state index is 0.111. The summed E-state index contributed by atoms with van der Waals surface area (Å²) in [6.45, 7) is 5.60. The first-order valence-electron chi connectivity index (χ1n) is 8.78. The van der Waals surface area contributed by atoms with E-state index in [0.29, 0.717) is 25.0 Å². The molecule has 2 N–H and O–H groups in total. The summed E-state index contributed by atoms with van der Waals surface area (Å²) in [7, 11) is 7.33. The van der Waals surface area contributed by atoms with E-state index in [-0.39, 0.29) is 6.03 Å². The molecule has 6 heteroatoms. The zero-order valence-electron chi connectivity index (χ0n) is 16.4. The number of benzene rings is 1. The van der Waals surface area contributed by atoms with Crippen LogP contribution in [0, 0.1) is 5.92 Å². The summed E-state index contributed by atoms with van der Waals surface area (Å²) in [5.41, 5.74) is 1.16. The summed E-state index contributed by atoms with van der Waals surface area (Å²) < 4.78 is 10.5. The predicted octanol–water partition coefficient (Wildman–Crippen LogP) is 2.52. The van der Waals surface area contributed by atoms with Crippen molar-refractivity contribution in [1.82, 2.24) is 15.5 Å². The summed E-state index contributed by atoms with van der Waals surface area (Å²) in [4.78, 5) is 14.1. The van der Waals surface area contributed by atoms with Crippen LogP contribution in [0.2, 0.25) is 0 Å². The van der Waals surface area contributed by atoms with Gasteiger partial charge in [0.15, 0.2) is 11.5 Å². The number of aryl methyl sites for hydroxylation is 1. The summed E-state index contributed by atoms with van der Waals surface area (Å²) in [5.74, 6) is 1.94. The van der Waals surface area contributed by atoms with E-state index in [2.05, 4.69) is 29.4 Å². The van der Waals surface area contributed by atoms with Crippen LogP contribution in [-0.2, 0) is 6.42 Å². The molecule has 1 atom stereocenters. The molecule has 0 aliphatic carbocycles. The van der Waals surface area contributed by atoms with Crippen molar-refractivity contribution in [2.75, 3.05) is 41.4 Å². The van der Waals surface area contributed by atoms with Gasteiger partial charge in [-0.25, -0.2) is 4.79 Å². The normalized spacial score (nSPS) is 12.2. The molecule has 1 unspecified atom stereocenters. The molecule has 0 fully saturated rings. The summed E-state index contributed by atoms with van der Waals surface area (Å²) >= 11 is 0. The number of carbonyl (C=O) groups excluding carboxylic acids is 1. The Balaban J connectivity index is 2.32. The Bertz CT molecular complexity index is 525. The van der Waals surface area contributed by atoms with Gasteiger partial charge in [0, 0.05) is 19.1 Å². The zero-order valence-corrected chi connectivity index (χ0v) is 16.4. The molecular formula is C19H33N3O3. The zero-order chi connectivity index (χ0) is 18.8. The van der Waals surface area contributed by atoms with Crippen molar-refractivity contribution in [3.05, 3.63) is 23.8 Å². The van der Waals surface area contributed by atoms with Crippen LogP contribution in [0.15, 0.2) is 18.2 Å². The largest absolute Gasteiger partial charge is 0.493 e. The maximum atomic E-state index is 11.9. The minimum atomic E-state index is -0.111. The SMILES string of the molecule is COc1ccc(CCCNC(=O)NCC(C(C)C)N(C)C)cc1OC. The molecule has 2 amide bonds. The fraction of sp³-hybridized carbons (Fsp3) is 0.632. The second kappa shape index (κ2) is 10.8. The number of likely N-dealkylation sites (N-methyl/N-ethyl adjacent to an activating group) is 1. The van der Waals surface area contributed by atoms with Crippen molar-refractivity contribution < 1.29 is 14.3 Å². The Kier molecular flexibility index (Phi) is 9.13. The monoisotopic (exact) mass is 351 g/mol. The lowest BCUT2D eigenvalue weighted by molar-refractivity contribution is 0.213. The number of ether oxygens (including phenoxy) is 2. The van der Waals surface area contributed by atoms with Gasteiger partial charge in [0.1, 0.15) is 0 Å². The van der Waals surface area contributed by atoms with E-state index in [0.717, 1.165) is 29.9 Å². The standard InChI is InChI=1S/C19H33N3O3/c1-14(2)16(22(3)4)13-21-19(23)20-11-7-8-15-9-10-17(24-5)18(12-15)25-6/h9-10,12,14,16H,7-8,11,13H2,1-6H3,(H2,20,21,23). The highest BCUT2D eigenvalue weighted by Crippen LogP contribution is 2.27. The number of hydrogen-bond acceptors (Lipinski definition) is 4. The van der Waals surface area contributed by atoms with E-state index in [1.165, 1.54) is 0 Å². The van der Waals surface area contributed by atoms with E-state index in [9.17, 15) is 4.79 Å². The molecule has 0 aliphatic heterocycles. The van der Waals surface area contributed by atoms with E-state index in [1.54, 1.807) is 14.2 Å². The van der Waals surface area contributed by atoms with Gasteiger partial charge in [-0.15, -0.1) is 0 Å². The van der Waals surface area contributed by atoms with E-state index in [1.807, 2.05) is 32.3 Å². The van der Waals surface area contributed by atoms with Gasteiger partial charge < -0.3 is 25.0 Å². The van der Waals surface area contributed by atoms with Crippen molar-refractivity contribution in [3.63, 3.8) is 0 Å². The van der Waals surface area contributed by atoms with Gasteiger partial charge in [-0.3, -0.25) is 0 Å². The van der Waals surface area contributed by atoms with Crippen LogP contribution in [0.4, 0.5) is 4.79 Å².